The summed E-state index contributed by atoms with van der Waals surface area (Å²) in [6, 6.07) is 13.7. The van der Waals surface area contributed by atoms with Gasteiger partial charge in [0.25, 0.3) is 0 Å². The van der Waals surface area contributed by atoms with E-state index < -0.39 is 0 Å². The fourth-order valence-electron chi connectivity index (χ4n) is 2.61. The molecule has 0 fully saturated rings. The molecule has 3 aromatic rings. The van der Waals surface area contributed by atoms with Gasteiger partial charge in [-0.15, -0.1) is 0 Å². The Morgan fingerprint density at radius 1 is 1.19 bits per heavy atom. The molecule has 1 aromatic carbocycles. The molecule has 2 heterocycles. The molecule has 6 heteroatoms. The topological polar surface area (TPSA) is 50.5 Å². The molecule has 0 aliphatic carbocycles. The van der Waals surface area contributed by atoms with Crippen LogP contribution in [0.2, 0.25) is 0 Å². The molecule has 0 unspecified atom stereocenters. The summed E-state index contributed by atoms with van der Waals surface area (Å²) in [7, 11) is 1.65. The highest BCUT2D eigenvalue weighted by atomic mass is 32.1. The van der Waals surface area contributed by atoms with Crippen LogP contribution in [0.5, 0.6) is 5.75 Å². The minimum Gasteiger partial charge on any atom is -0.495 e. The molecule has 3 rings (SSSR count). The van der Waals surface area contributed by atoms with Crippen molar-refractivity contribution >= 4 is 23.0 Å². The highest BCUT2D eigenvalue weighted by Gasteiger charge is 2.15. The average molecular weight is 367 g/mol. The number of nitrogens with one attached hydrogen (secondary N) is 1. The van der Waals surface area contributed by atoms with Crippen molar-refractivity contribution in [1.29, 1.82) is 0 Å². The van der Waals surface area contributed by atoms with Crippen LogP contribution < -0.4 is 10.1 Å². The fourth-order valence-corrected chi connectivity index (χ4v) is 2.85. The van der Waals surface area contributed by atoms with Crippen LogP contribution >= 0.6 is 12.2 Å². The van der Waals surface area contributed by atoms with Crippen molar-refractivity contribution in [2.24, 2.45) is 0 Å². The molecule has 0 saturated heterocycles. The molecule has 134 valence electrons. The van der Waals surface area contributed by atoms with Crippen LogP contribution in [-0.4, -0.2) is 22.1 Å². The minimum absolute atomic E-state index is 0.565. The van der Waals surface area contributed by atoms with Gasteiger partial charge in [0.2, 0.25) is 0 Å². The molecule has 0 bridgehead atoms. The van der Waals surface area contributed by atoms with Crippen LogP contribution in [0, 0.1) is 6.92 Å². The van der Waals surface area contributed by atoms with Gasteiger partial charge in [-0.25, -0.2) is 0 Å². The molecule has 0 atom stereocenters. The van der Waals surface area contributed by atoms with E-state index in [1.165, 1.54) is 0 Å². The normalized spacial score (nSPS) is 10.4. The van der Waals surface area contributed by atoms with Gasteiger partial charge in [-0.2, -0.15) is 0 Å². The molecule has 1 N–H and O–H groups in total. The van der Waals surface area contributed by atoms with Gasteiger partial charge >= 0.3 is 0 Å². The summed E-state index contributed by atoms with van der Waals surface area (Å²) in [6.45, 7) is 3.24. The van der Waals surface area contributed by atoms with Crippen molar-refractivity contribution in [3.8, 4) is 5.75 Å². The number of furan rings is 1. The second kappa shape index (κ2) is 8.49. The number of thiocarbonyl (C=S) groups is 1. The zero-order valence-electron chi connectivity index (χ0n) is 14.8. The first-order chi connectivity index (χ1) is 12.7. The van der Waals surface area contributed by atoms with Gasteiger partial charge < -0.3 is 19.4 Å². The first-order valence-electron chi connectivity index (χ1n) is 8.27. The van der Waals surface area contributed by atoms with Crippen molar-refractivity contribution < 1.29 is 9.15 Å². The van der Waals surface area contributed by atoms with E-state index in [1.807, 2.05) is 54.3 Å². The Balaban J connectivity index is 1.81. The Labute approximate surface area is 158 Å². The van der Waals surface area contributed by atoms with Crippen LogP contribution in [0.15, 0.2) is 65.5 Å². The van der Waals surface area contributed by atoms with Gasteiger partial charge in [-0.1, -0.05) is 6.07 Å². The lowest BCUT2D eigenvalue weighted by Gasteiger charge is -2.26. The largest absolute Gasteiger partial charge is 0.495 e. The first kappa shape index (κ1) is 17.9. The third-order valence-corrected chi connectivity index (χ3v) is 4.29. The highest BCUT2D eigenvalue weighted by Crippen LogP contribution is 2.26. The van der Waals surface area contributed by atoms with Gasteiger partial charge in [0.15, 0.2) is 5.11 Å². The fraction of sp³-hybridized carbons (Fsp3) is 0.200. The van der Waals surface area contributed by atoms with E-state index in [4.69, 9.17) is 21.4 Å². The number of aryl methyl sites for hydroxylation is 1. The van der Waals surface area contributed by atoms with Crippen LogP contribution in [0.25, 0.3) is 0 Å². The molecule has 0 saturated carbocycles. The van der Waals surface area contributed by atoms with Crippen molar-refractivity contribution in [2.45, 2.75) is 20.0 Å². The standard InChI is InChI=1S/C20H21N3O2S/c1-15-5-6-19(24-2)18(12-15)22-20(26)23(14-17-4-3-11-25-17)13-16-7-9-21-10-8-16/h3-12H,13-14H2,1-2H3,(H,22,26). The van der Waals surface area contributed by atoms with Gasteiger partial charge in [0, 0.05) is 18.9 Å². The Hall–Kier alpha value is -2.86. The molecule has 26 heavy (non-hydrogen) atoms. The average Bonchev–Trinajstić information content (AvgIpc) is 3.15. The van der Waals surface area contributed by atoms with E-state index in [9.17, 15) is 0 Å². The van der Waals surface area contributed by atoms with E-state index in [0.29, 0.717) is 18.2 Å². The van der Waals surface area contributed by atoms with Gasteiger partial charge in [0.1, 0.15) is 11.5 Å². The molecule has 2 aromatic heterocycles. The maximum Gasteiger partial charge on any atom is 0.174 e. The third-order valence-electron chi connectivity index (χ3n) is 3.93. The molecule has 0 amide bonds. The molecular weight excluding hydrogens is 346 g/mol. The molecule has 0 radical (unpaired) electrons. The number of methoxy groups -OCH3 is 1. The monoisotopic (exact) mass is 367 g/mol. The first-order valence-corrected chi connectivity index (χ1v) is 8.68. The van der Waals surface area contributed by atoms with E-state index in [0.717, 1.165) is 28.3 Å². The second-order valence-corrected chi connectivity index (χ2v) is 6.31. The van der Waals surface area contributed by atoms with Gasteiger partial charge in [0.05, 0.1) is 25.6 Å². The Bertz CT molecular complexity index is 851. The Kier molecular flexibility index (Phi) is 5.86. The summed E-state index contributed by atoms with van der Waals surface area (Å²) in [5, 5.41) is 3.91. The Morgan fingerprint density at radius 3 is 2.69 bits per heavy atom. The van der Waals surface area contributed by atoms with Crippen molar-refractivity contribution in [2.75, 3.05) is 12.4 Å². The summed E-state index contributed by atoms with van der Waals surface area (Å²) < 4.78 is 10.9. The second-order valence-electron chi connectivity index (χ2n) is 5.92. The molecule has 0 spiro atoms. The number of rotatable bonds is 6. The molecule has 5 nitrogen and oxygen atoms in total. The number of hydrogen-bond donors (Lipinski definition) is 1. The number of pyridine rings is 1. The lowest BCUT2D eigenvalue weighted by Crippen LogP contribution is -2.33. The maximum absolute atomic E-state index is 5.68. The lowest BCUT2D eigenvalue weighted by atomic mass is 10.2. The zero-order chi connectivity index (χ0) is 18.4. The maximum atomic E-state index is 5.68. The highest BCUT2D eigenvalue weighted by molar-refractivity contribution is 7.80. The van der Waals surface area contributed by atoms with Crippen molar-refractivity contribution in [3.63, 3.8) is 0 Å². The summed E-state index contributed by atoms with van der Waals surface area (Å²) in [4.78, 5) is 6.12. The number of benzene rings is 1. The van der Waals surface area contributed by atoms with E-state index >= 15 is 0 Å². The van der Waals surface area contributed by atoms with E-state index in [1.54, 1.807) is 25.8 Å². The number of nitrogens with zero attached hydrogens (tertiary/aromatic N) is 2. The van der Waals surface area contributed by atoms with Crippen LogP contribution in [0.3, 0.4) is 0 Å². The molecule has 0 aliphatic heterocycles. The zero-order valence-corrected chi connectivity index (χ0v) is 15.6. The predicted molar refractivity (Wildman–Crippen MR) is 106 cm³/mol. The number of aromatic nitrogens is 1. The summed E-state index contributed by atoms with van der Waals surface area (Å²) >= 11 is 5.68. The Morgan fingerprint density at radius 2 is 2.00 bits per heavy atom. The SMILES string of the molecule is COc1ccc(C)cc1NC(=S)N(Cc1ccncc1)Cc1ccco1. The summed E-state index contributed by atoms with van der Waals surface area (Å²) in [5.41, 5.74) is 3.09. The van der Waals surface area contributed by atoms with Gasteiger partial charge in [-0.3, -0.25) is 4.98 Å². The van der Waals surface area contributed by atoms with Crippen molar-refractivity contribution in [3.05, 3.63) is 78.0 Å². The van der Waals surface area contributed by atoms with E-state index in [-0.39, 0.29) is 0 Å². The molecule has 0 aliphatic rings. The summed E-state index contributed by atoms with van der Waals surface area (Å²) in [6.07, 6.45) is 5.22. The quantitative estimate of drug-likeness (QED) is 0.652. The van der Waals surface area contributed by atoms with Crippen molar-refractivity contribution in [1.82, 2.24) is 9.88 Å². The number of hydrogen-bond acceptors (Lipinski definition) is 4. The smallest absolute Gasteiger partial charge is 0.174 e. The van der Waals surface area contributed by atoms with Crippen LogP contribution in [0.4, 0.5) is 5.69 Å². The molecular formula is C20H21N3O2S. The van der Waals surface area contributed by atoms with Crippen LogP contribution in [0.1, 0.15) is 16.9 Å². The number of anilines is 1. The summed E-state index contributed by atoms with van der Waals surface area (Å²) in [5.74, 6) is 1.60. The van der Waals surface area contributed by atoms with E-state index in [2.05, 4.69) is 10.3 Å². The van der Waals surface area contributed by atoms with Crippen LogP contribution in [-0.2, 0) is 13.1 Å². The lowest BCUT2D eigenvalue weighted by molar-refractivity contribution is 0.360. The third kappa shape index (κ3) is 4.61. The minimum atomic E-state index is 0.565. The van der Waals surface area contributed by atoms with Gasteiger partial charge in [-0.05, 0) is 66.7 Å². The predicted octanol–water partition coefficient (Wildman–Crippen LogP) is 4.39. The number of ether oxygens (including phenoxy) is 1.